The van der Waals surface area contributed by atoms with Crippen LogP contribution in [-0.4, -0.2) is 16.7 Å². The monoisotopic (exact) mass is 309 g/mol. The van der Waals surface area contributed by atoms with E-state index in [1.807, 2.05) is 32.0 Å². The molecule has 0 aliphatic heterocycles. The first-order chi connectivity index (χ1) is 10.1. The largest absolute Gasteiger partial charge is 0.484 e. The van der Waals surface area contributed by atoms with Crippen LogP contribution in [0.3, 0.4) is 0 Å². The first-order valence-corrected chi connectivity index (χ1v) is 7.42. The van der Waals surface area contributed by atoms with Gasteiger partial charge in [0, 0.05) is 12.5 Å². The number of nitrogens with one attached hydrogen (secondary N) is 1. The van der Waals surface area contributed by atoms with Gasteiger partial charge < -0.3 is 14.6 Å². The molecule has 0 saturated carbocycles. The first kappa shape index (κ1) is 15.8. The number of hydrogen-bond donors (Lipinski definition) is 1. The average molecular weight is 310 g/mol. The third kappa shape index (κ3) is 4.44. The van der Waals surface area contributed by atoms with Crippen molar-refractivity contribution in [1.82, 2.24) is 15.5 Å². The molecule has 1 N–H and O–H groups in total. The molecular weight excluding hydrogens is 290 g/mol. The summed E-state index contributed by atoms with van der Waals surface area (Å²) in [5, 5.41) is 7.71. The lowest BCUT2D eigenvalue weighted by Gasteiger charge is -2.08. The normalized spacial score (nSPS) is 11.1. The fourth-order valence-corrected chi connectivity index (χ4v) is 2.00. The zero-order valence-electron chi connectivity index (χ0n) is 12.5. The van der Waals surface area contributed by atoms with Gasteiger partial charge in [0.05, 0.1) is 5.02 Å². The smallest absolute Gasteiger partial charge is 0.229 e. The van der Waals surface area contributed by atoms with E-state index >= 15 is 0 Å². The number of halogens is 1. The summed E-state index contributed by atoms with van der Waals surface area (Å²) in [5.41, 5.74) is 1.12. The van der Waals surface area contributed by atoms with Crippen molar-refractivity contribution < 1.29 is 9.26 Å². The Morgan fingerprint density at radius 2 is 2.19 bits per heavy atom. The van der Waals surface area contributed by atoms with Crippen LogP contribution in [0.15, 0.2) is 22.7 Å². The first-order valence-electron chi connectivity index (χ1n) is 7.04. The topological polar surface area (TPSA) is 60.2 Å². The van der Waals surface area contributed by atoms with Gasteiger partial charge in [-0.25, -0.2) is 0 Å². The standard InChI is InChI=1S/C15H20ClN3O2/c1-4-17-8-11-5-6-13(12(16)7-11)20-9-14-18-15(10(2)3)21-19-14/h5-7,10,17H,4,8-9H2,1-3H3. The Morgan fingerprint density at radius 1 is 1.38 bits per heavy atom. The van der Waals surface area contributed by atoms with E-state index in [0.717, 1.165) is 18.7 Å². The summed E-state index contributed by atoms with van der Waals surface area (Å²) in [6, 6.07) is 5.74. The maximum atomic E-state index is 6.21. The number of aromatic nitrogens is 2. The van der Waals surface area contributed by atoms with E-state index in [4.69, 9.17) is 20.9 Å². The van der Waals surface area contributed by atoms with Crippen molar-refractivity contribution in [3.05, 3.63) is 40.5 Å². The fourth-order valence-electron chi connectivity index (χ4n) is 1.74. The molecule has 5 nitrogen and oxygen atoms in total. The van der Waals surface area contributed by atoms with Crippen LogP contribution >= 0.6 is 11.6 Å². The van der Waals surface area contributed by atoms with E-state index in [0.29, 0.717) is 22.5 Å². The second-order valence-electron chi connectivity index (χ2n) is 5.04. The quantitative estimate of drug-likeness (QED) is 0.847. The highest BCUT2D eigenvalue weighted by molar-refractivity contribution is 6.32. The van der Waals surface area contributed by atoms with Gasteiger partial charge in [-0.1, -0.05) is 43.6 Å². The summed E-state index contributed by atoms with van der Waals surface area (Å²) < 4.78 is 10.8. The molecule has 0 aliphatic rings. The Bertz CT molecular complexity index is 584. The van der Waals surface area contributed by atoms with E-state index in [1.54, 1.807) is 0 Å². The number of nitrogens with zero attached hydrogens (tertiary/aromatic N) is 2. The molecule has 2 aromatic rings. The van der Waals surface area contributed by atoms with E-state index in [1.165, 1.54) is 0 Å². The van der Waals surface area contributed by atoms with Gasteiger partial charge in [0.25, 0.3) is 0 Å². The average Bonchev–Trinajstić information content (AvgIpc) is 2.93. The number of ether oxygens (including phenoxy) is 1. The minimum absolute atomic E-state index is 0.209. The molecule has 21 heavy (non-hydrogen) atoms. The SMILES string of the molecule is CCNCc1ccc(OCc2noc(C(C)C)n2)c(Cl)c1. The summed E-state index contributed by atoms with van der Waals surface area (Å²) in [5.74, 6) is 1.96. The van der Waals surface area contributed by atoms with Crippen LogP contribution in [0.25, 0.3) is 0 Å². The third-order valence-corrected chi connectivity index (χ3v) is 3.21. The van der Waals surface area contributed by atoms with Crippen molar-refractivity contribution in [1.29, 1.82) is 0 Å². The van der Waals surface area contributed by atoms with Gasteiger partial charge in [-0.3, -0.25) is 0 Å². The highest BCUT2D eigenvalue weighted by atomic mass is 35.5. The molecule has 1 aromatic heterocycles. The Morgan fingerprint density at radius 3 is 2.81 bits per heavy atom. The van der Waals surface area contributed by atoms with E-state index < -0.39 is 0 Å². The van der Waals surface area contributed by atoms with Gasteiger partial charge in [-0.2, -0.15) is 4.98 Å². The zero-order valence-corrected chi connectivity index (χ0v) is 13.3. The second-order valence-corrected chi connectivity index (χ2v) is 5.44. The minimum atomic E-state index is 0.209. The van der Waals surface area contributed by atoms with Crippen molar-refractivity contribution in [3.63, 3.8) is 0 Å². The maximum absolute atomic E-state index is 6.21. The molecular formula is C15H20ClN3O2. The number of hydrogen-bond acceptors (Lipinski definition) is 5. The molecule has 0 aliphatic carbocycles. The molecule has 2 rings (SSSR count). The summed E-state index contributed by atoms with van der Waals surface area (Å²) in [4.78, 5) is 4.26. The highest BCUT2D eigenvalue weighted by Gasteiger charge is 2.11. The van der Waals surface area contributed by atoms with Crippen LogP contribution in [0.4, 0.5) is 0 Å². The van der Waals surface area contributed by atoms with Gasteiger partial charge in [0.1, 0.15) is 5.75 Å². The molecule has 114 valence electrons. The lowest BCUT2D eigenvalue weighted by Crippen LogP contribution is -2.11. The molecule has 0 saturated heterocycles. The minimum Gasteiger partial charge on any atom is -0.484 e. The second kappa shape index (κ2) is 7.43. The molecule has 0 unspecified atom stereocenters. The Labute approximate surface area is 129 Å². The molecule has 0 amide bonds. The van der Waals surface area contributed by atoms with E-state index in [9.17, 15) is 0 Å². The Balaban J connectivity index is 1.96. The van der Waals surface area contributed by atoms with E-state index in [-0.39, 0.29) is 12.5 Å². The van der Waals surface area contributed by atoms with Gasteiger partial charge in [0.2, 0.25) is 11.7 Å². The summed E-state index contributed by atoms with van der Waals surface area (Å²) >= 11 is 6.21. The summed E-state index contributed by atoms with van der Waals surface area (Å²) in [7, 11) is 0. The molecule has 6 heteroatoms. The van der Waals surface area contributed by atoms with Crippen molar-refractivity contribution in [2.24, 2.45) is 0 Å². The molecule has 1 aromatic carbocycles. The van der Waals surface area contributed by atoms with Gasteiger partial charge in [-0.15, -0.1) is 0 Å². The Hall–Kier alpha value is -1.59. The summed E-state index contributed by atoms with van der Waals surface area (Å²) in [6.07, 6.45) is 0. The molecule has 0 radical (unpaired) electrons. The van der Waals surface area contributed by atoms with Crippen LogP contribution in [0.2, 0.25) is 5.02 Å². The van der Waals surface area contributed by atoms with Crippen molar-refractivity contribution >= 4 is 11.6 Å². The lowest BCUT2D eigenvalue weighted by atomic mass is 10.2. The van der Waals surface area contributed by atoms with Gasteiger partial charge in [-0.05, 0) is 24.2 Å². The van der Waals surface area contributed by atoms with Crippen LogP contribution < -0.4 is 10.1 Å². The molecule has 0 fully saturated rings. The van der Waals surface area contributed by atoms with Crippen LogP contribution in [0, 0.1) is 0 Å². The molecule has 0 atom stereocenters. The predicted octanol–water partition coefficient (Wildman–Crippen LogP) is 3.53. The third-order valence-electron chi connectivity index (χ3n) is 2.91. The number of benzene rings is 1. The van der Waals surface area contributed by atoms with Gasteiger partial charge >= 0.3 is 0 Å². The maximum Gasteiger partial charge on any atom is 0.229 e. The number of rotatable bonds is 7. The molecule has 0 bridgehead atoms. The fraction of sp³-hybridized carbons (Fsp3) is 0.467. The van der Waals surface area contributed by atoms with Crippen molar-refractivity contribution in [3.8, 4) is 5.75 Å². The van der Waals surface area contributed by atoms with Crippen LogP contribution in [0.1, 0.15) is 44.0 Å². The van der Waals surface area contributed by atoms with Gasteiger partial charge in [0.15, 0.2) is 6.61 Å². The molecule has 1 heterocycles. The Kier molecular flexibility index (Phi) is 5.59. The molecule has 0 spiro atoms. The summed E-state index contributed by atoms with van der Waals surface area (Å²) in [6.45, 7) is 8.01. The lowest BCUT2D eigenvalue weighted by molar-refractivity contribution is 0.284. The van der Waals surface area contributed by atoms with Crippen LogP contribution in [-0.2, 0) is 13.2 Å². The van der Waals surface area contributed by atoms with E-state index in [2.05, 4.69) is 22.4 Å². The van der Waals surface area contributed by atoms with Crippen LogP contribution in [0.5, 0.6) is 5.75 Å². The predicted molar refractivity (Wildman–Crippen MR) is 81.6 cm³/mol. The zero-order chi connectivity index (χ0) is 15.2. The van der Waals surface area contributed by atoms with Crippen molar-refractivity contribution in [2.75, 3.05) is 6.54 Å². The highest BCUT2D eigenvalue weighted by Crippen LogP contribution is 2.26. The van der Waals surface area contributed by atoms with Crippen molar-refractivity contribution in [2.45, 2.75) is 39.8 Å².